The molecule has 0 amide bonds. The highest BCUT2D eigenvalue weighted by Crippen LogP contribution is 2.34. The predicted molar refractivity (Wildman–Crippen MR) is 104 cm³/mol. The zero-order chi connectivity index (χ0) is 18.4. The number of benzene rings is 2. The molecule has 0 saturated heterocycles. The largest absolute Gasteiger partial charge is 0.493 e. The summed E-state index contributed by atoms with van der Waals surface area (Å²) in [5, 5.41) is 12.7. The van der Waals surface area contributed by atoms with Crippen molar-refractivity contribution in [3.63, 3.8) is 0 Å². The van der Waals surface area contributed by atoms with E-state index in [1.165, 1.54) is 5.56 Å². The number of halogens is 1. The number of aliphatic hydroxyl groups excluding tert-OH is 1. The molecule has 0 unspecified atom stereocenters. The van der Waals surface area contributed by atoms with Crippen LogP contribution in [0.15, 0.2) is 40.9 Å². The van der Waals surface area contributed by atoms with Crippen molar-refractivity contribution in [1.29, 1.82) is 0 Å². The molecular weight excluding hydrogens is 382 g/mol. The molecule has 2 rings (SSSR count). The predicted octanol–water partition coefficient (Wildman–Crippen LogP) is 4.21. The second-order valence-corrected chi connectivity index (χ2v) is 7.56. The van der Waals surface area contributed by atoms with Gasteiger partial charge in [-0.1, -0.05) is 40.2 Å². The molecule has 5 heteroatoms. The van der Waals surface area contributed by atoms with E-state index in [1.54, 1.807) is 7.11 Å². The van der Waals surface area contributed by atoms with E-state index in [-0.39, 0.29) is 12.1 Å². The number of hydrogen-bond donors (Lipinski definition) is 2. The molecule has 25 heavy (non-hydrogen) atoms. The van der Waals surface area contributed by atoms with Crippen LogP contribution in [0.25, 0.3) is 0 Å². The van der Waals surface area contributed by atoms with Crippen molar-refractivity contribution in [3.8, 4) is 11.5 Å². The second kappa shape index (κ2) is 8.70. The van der Waals surface area contributed by atoms with Crippen LogP contribution in [0.4, 0.5) is 0 Å². The molecule has 0 atom stereocenters. The van der Waals surface area contributed by atoms with Crippen molar-refractivity contribution in [2.75, 3.05) is 13.7 Å². The van der Waals surface area contributed by atoms with Gasteiger partial charge in [0.05, 0.1) is 13.7 Å². The lowest BCUT2D eigenvalue weighted by Gasteiger charge is -2.24. The Balaban J connectivity index is 2.14. The fourth-order valence-electron chi connectivity index (χ4n) is 2.30. The van der Waals surface area contributed by atoms with E-state index in [1.807, 2.05) is 38.1 Å². The van der Waals surface area contributed by atoms with E-state index in [0.717, 1.165) is 15.6 Å². The van der Waals surface area contributed by atoms with Crippen LogP contribution in [-0.2, 0) is 13.2 Å². The monoisotopic (exact) mass is 407 g/mol. The molecule has 0 aliphatic carbocycles. The van der Waals surface area contributed by atoms with Gasteiger partial charge in [-0.2, -0.15) is 0 Å². The Morgan fingerprint density at radius 2 is 1.84 bits per heavy atom. The molecule has 0 bridgehead atoms. The van der Waals surface area contributed by atoms with E-state index >= 15 is 0 Å². The van der Waals surface area contributed by atoms with Crippen LogP contribution in [-0.4, -0.2) is 24.4 Å². The van der Waals surface area contributed by atoms with Gasteiger partial charge in [-0.05, 0) is 49.6 Å². The van der Waals surface area contributed by atoms with Gasteiger partial charge in [0.1, 0.15) is 6.61 Å². The first-order valence-electron chi connectivity index (χ1n) is 8.26. The van der Waals surface area contributed by atoms with Gasteiger partial charge >= 0.3 is 0 Å². The molecule has 0 saturated carbocycles. The Bertz CT molecular complexity index is 716. The lowest BCUT2D eigenvalue weighted by atomic mass is 10.1. The highest BCUT2D eigenvalue weighted by Gasteiger charge is 2.17. The van der Waals surface area contributed by atoms with Gasteiger partial charge in [-0.25, -0.2) is 0 Å². The quantitative estimate of drug-likeness (QED) is 0.687. The van der Waals surface area contributed by atoms with Gasteiger partial charge in [0.2, 0.25) is 0 Å². The van der Waals surface area contributed by atoms with Crippen LogP contribution in [0.5, 0.6) is 11.5 Å². The first-order chi connectivity index (χ1) is 11.9. The van der Waals surface area contributed by atoms with Crippen LogP contribution in [0.2, 0.25) is 0 Å². The van der Waals surface area contributed by atoms with Gasteiger partial charge in [0.15, 0.2) is 11.5 Å². The van der Waals surface area contributed by atoms with Gasteiger partial charge in [0.25, 0.3) is 0 Å². The lowest BCUT2D eigenvalue weighted by molar-refractivity contribution is 0.187. The molecule has 2 aromatic rings. The number of rotatable bonds is 8. The SMILES string of the molecule is COc1cc(CNC(C)(C)CO)c(Br)cc1OCc1ccccc1C. The average Bonchev–Trinajstić information content (AvgIpc) is 2.60. The van der Waals surface area contributed by atoms with Gasteiger partial charge < -0.3 is 19.9 Å². The molecule has 4 nitrogen and oxygen atoms in total. The number of ether oxygens (including phenoxy) is 2. The molecule has 136 valence electrons. The van der Waals surface area contributed by atoms with E-state index in [0.29, 0.717) is 24.7 Å². The van der Waals surface area contributed by atoms with Crippen molar-refractivity contribution >= 4 is 15.9 Å². The summed E-state index contributed by atoms with van der Waals surface area (Å²) in [4.78, 5) is 0. The number of hydrogen-bond acceptors (Lipinski definition) is 4. The Kier molecular flexibility index (Phi) is 6.87. The van der Waals surface area contributed by atoms with E-state index in [2.05, 4.69) is 40.3 Å². The number of methoxy groups -OCH3 is 1. The van der Waals surface area contributed by atoms with Crippen molar-refractivity contribution in [2.24, 2.45) is 0 Å². The van der Waals surface area contributed by atoms with Crippen LogP contribution in [0.3, 0.4) is 0 Å². The molecular formula is C20H26BrNO3. The first kappa shape index (κ1) is 19.8. The van der Waals surface area contributed by atoms with Crippen LogP contribution >= 0.6 is 15.9 Å². The highest BCUT2D eigenvalue weighted by molar-refractivity contribution is 9.10. The molecule has 0 aromatic heterocycles. The lowest BCUT2D eigenvalue weighted by Crippen LogP contribution is -2.42. The maximum atomic E-state index is 9.37. The summed E-state index contributed by atoms with van der Waals surface area (Å²) in [5.41, 5.74) is 3.05. The highest BCUT2D eigenvalue weighted by atomic mass is 79.9. The third-order valence-electron chi connectivity index (χ3n) is 4.13. The Labute approximate surface area is 158 Å². The maximum Gasteiger partial charge on any atom is 0.162 e. The van der Waals surface area contributed by atoms with Crippen LogP contribution in [0, 0.1) is 6.92 Å². The van der Waals surface area contributed by atoms with Crippen molar-refractivity contribution in [1.82, 2.24) is 5.32 Å². The standard InChI is InChI=1S/C20H26BrNO3/c1-14-7-5-6-8-15(14)12-25-19-10-17(21)16(9-18(19)24-4)11-22-20(2,3)13-23/h5-10,22-23H,11-13H2,1-4H3. The molecule has 0 aliphatic rings. The summed E-state index contributed by atoms with van der Waals surface area (Å²) < 4.78 is 12.4. The number of nitrogens with one attached hydrogen (secondary N) is 1. The molecule has 0 fully saturated rings. The third-order valence-corrected chi connectivity index (χ3v) is 4.87. The van der Waals surface area contributed by atoms with Crippen molar-refractivity contribution in [3.05, 3.63) is 57.6 Å². The summed E-state index contributed by atoms with van der Waals surface area (Å²) in [7, 11) is 1.64. The molecule has 0 heterocycles. The summed E-state index contributed by atoms with van der Waals surface area (Å²) in [6.45, 7) is 7.16. The normalized spacial score (nSPS) is 11.4. The fourth-order valence-corrected chi connectivity index (χ4v) is 2.77. The van der Waals surface area contributed by atoms with Gasteiger partial charge in [-0.15, -0.1) is 0 Å². The third kappa shape index (κ3) is 5.46. The Hall–Kier alpha value is -1.56. The zero-order valence-electron chi connectivity index (χ0n) is 15.2. The summed E-state index contributed by atoms with van der Waals surface area (Å²) in [6, 6.07) is 12.1. The summed E-state index contributed by atoms with van der Waals surface area (Å²) in [5.74, 6) is 1.39. The molecule has 2 N–H and O–H groups in total. The van der Waals surface area contributed by atoms with Gasteiger partial charge in [0, 0.05) is 16.6 Å². The molecule has 0 aliphatic heterocycles. The Morgan fingerprint density at radius 3 is 2.48 bits per heavy atom. The minimum atomic E-state index is -0.341. The minimum Gasteiger partial charge on any atom is -0.493 e. The van der Waals surface area contributed by atoms with Crippen LogP contribution in [0.1, 0.15) is 30.5 Å². The Morgan fingerprint density at radius 1 is 1.12 bits per heavy atom. The van der Waals surface area contributed by atoms with Crippen molar-refractivity contribution < 1.29 is 14.6 Å². The topological polar surface area (TPSA) is 50.7 Å². The molecule has 2 aromatic carbocycles. The smallest absolute Gasteiger partial charge is 0.162 e. The summed E-state index contributed by atoms with van der Waals surface area (Å²) in [6.07, 6.45) is 0. The van der Waals surface area contributed by atoms with E-state index in [4.69, 9.17) is 9.47 Å². The van der Waals surface area contributed by atoms with E-state index in [9.17, 15) is 5.11 Å². The summed E-state index contributed by atoms with van der Waals surface area (Å²) >= 11 is 3.60. The minimum absolute atomic E-state index is 0.0688. The number of aryl methyl sites for hydroxylation is 1. The van der Waals surface area contributed by atoms with Gasteiger partial charge in [-0.3, -0.25) is 0 Å². The number of aliphatic hydroxyl groups is 1. The zero-order valence-corrected chi connectivity index (χ0v) is 16.8. The molecule has 0 spiro atoms. The van der Waals surface area contributed by atoms with Crippen LogP contribution < -0.4 is 14.8 Å². The van der Waals surface area contributed by atoms with Crippen molar-refractivity contribution in [2.45, 2.75) is 39.5 Å². The fraction of sp³-hybridized carbons (Fsp3) is 0.400. The maximum absolute atomic E-state index is 9.37. The first-order valence-corrected chi connectivity index (χ1v) is 9.05. The second-order valence-electron chi connectivity index (χ2n) is 6.71. The van der Waals surface area contributed by atoms with E-state index < -0.39 is 0 Å². The molecule has 0 radical (unpaired) electrons. The average molecular weight is 408 g/mol.